The van der Waals surface area contributed by atoms with Crippen molar-refractivity contribution in [1.82, 2.24) is 4.90 Å². The number of likely N-dealkylation sites (tertiary alicyclic amines) is 1. The third kappa shape index (κ3) is 4.19. The van der Waals surface area contributed by atoms with Gasteiger partial charge in [0.25, 0.3) is 0 Å². The van der Waals surface area contributed by atoms with Crippen molar-refractivity contribution in [3.05, 3.63) is 29.8 Å². The smallest absolute Gasteiger partial charge is 0.335 e. The maximum Gasteiger partial charge on any atom is 0.335 e. The number of benzene rings is 1. The predicted octanol–water partition coefficient (Wildman–Crippen LogP) is 2.42. The number of nitrogens with zero attached hydrogens (tertiary/aromatic N) is 1. The zero-order valence-corrected chi connectivity index (χ0v) is 12.0. The van der Waals surface area contributed by atoms with E-state index in [4.69, 9.17) is 9.84 Å². The molecule has 1 unspecified atom stereocenters. The zero-order valence-electron chi connectivity index (χ0n) is 12.0. The van der Waals surface area contributed by atoms with Crippen LogP contribution < -0.4 is 5.32 Å². The number of hydrogen-bond donors (Lipinski definition) is 2. The first kappa shape index (κ1) is 15.3. The summed E-state index contributed by atoms with van der Waals surface area (Å²) in [6, 6.07) is 6.00. The molecule has 1 aliphatic heterocycles. The van der Waals surface area contributed by atoms with Crippen molar-refractivity contribution in [2.24, 2.45) is 0 Å². The Kier molecular flexibility index (Phi) is 5.16. The van der Waals surface area contributed by atoms with E-state index in [9.17, 15) is 9.59 Å². The highest BCUT2D eigenvalue weighted by atomic mass is 16.5. The lowest BCUT2D eigenvalue weighted by atomic mass is 10.1. The molecule has 21 heavy (non-hydrogen) atoms. The monoisotopic (exact) mass is 292 g/mol. The fraction of sp³-hybridized carbons (Fsp3) is 0.467. The largest absolute Gasteiger partial charge is 0.478 e. The zero-order chi connectivity index (χ0) is 15.2. The lowest BCUT2D eigenvalue weighted by Gasteiger charge is -2.32. The second-order valence-corrected chi connectivity index (χ2v) is 4.98. The summed E-state index contributed by atoms with van der Waals surface area (Å²) in [5, 5.41) is 11.7. The fourth-order valence-electron chi connectivity index (χ4n) is 2.43. The Balaban J connectivity index is 1.97. The van der Waals surface area contributed by atoms with Gasteiger partial charge in [-0.3, -0.25) is 0 Å². The number of piperidine rings is 1. The molecule has 0 aliphatic carbocycles. The van der Waals surface area contributed by atoms with E-state index in [2.05, 4.69) is 5.32 Å². The van der Waals surface area contributed by atoms with Gasteiger partial charge in [-0.1, -0.05) is 6.07 Å². The van der Waals surface area contributed by atoms with Gasteiger partial charge in [0.05, 0.1) is 11.7 Å². The Labute approximate surface area is 123 Å². The van der Waals surface area contributed by atoms with Crippen molar-refractivity contribution in [2.45, 2.75) is 25.9 Å². The molecule has 0 bridgehead atoms. The van der Waals surface area contributed by atoms with Crippen molar-refractivity contribution >= 4 is 17.7 Å². The molecule has 0 aromatic heterocycles. The number of urea groups is 1. The van der Waals surface area contributed by atoms with E-state index in [1.54, 1.807) is 17.0 Å². The summed E-state index contributed by atoms with van der Waals surface area (Å²) < 4.78 is 5.56. The van der Waals surface area contributed by atoms with Gasteiger partial charge in [-0.15, -0.1) is 0 Å². The molecule has 6 nitrogen and oxygen atoms in total. The van der Waals surface area contributed by atoms with E-state index >= 15 is 0 Å². The number of carbonyl (C=O) groups excluding carboxylic acids is 1. The SMILES string of the molecule is CCOC1CCCN(C(=O)Nc2cccc(C(=O)O)c2)C1. The number of carboxylic acid groups (broad SMARTS) is 1. The van der Waals surface area contributed by atoms with Crippen molar-refractivity contribution < 1.29 is 19.4 Å². The molecule has 1 aliphatic rings. The Bertz CT molecular complexity index is 516. The standard InChI is InChI=1S/C15H20N2O4/c1-2-21-13-7-4-8-17(10-13)15(20)16-12-6-3-5-11(9-12)14(18)19/h3,5-6,9,13H,2,4,7-8,10H2,1H3,(H,16,20)(H,18,19). The molecule has 1 fully saturated rings. The van der Waals surface area contributed by atoms with Crippen LogP contribution in [0.1, 0.15) is 30.1 Å². The number of rotatable bonds is 4. The van der Waals surface area contributed by atoms with Crippen molar-refractivity contribution in [1.29, 1.82) is 0 Å². The topological polar surface area (TPSA) is 78.9 Å². The first-order valence-corrected chi connectivity index (χ1v) is 7.11. The number of aromatic carboxylic acids is 1. The van der Waals surface area contributed by atoms with Crippen molar-refractivity contribution in [3.63, 3.8) is 0 Å². The minimum atomic E-state index is -1.01. The van der Waals surface area contributed by atoms with E-state index in [-0.39, 0.29) is 17.7 Å². The van der Waals surface area contributed by atoms with Gasteiger partial charge in [0.1, 0.15) is 0 Å². The van der Waals surface area contributed by atoms with Crippen LogP contribution in [0, 0.1) is 0 Å². The Morgan fingerprint density at radius 1 is 1.48 bits per heavy atom. The van der Waals surface area contributed by atoms with Gasteiger partial charge in [0, 0.05) is 25.4 Å². The average Bonchev–Trinajstić information content (AvgIpc) is 2.48. The molecule has 6 heteroatoms. The maximum absolute atomic E-state index is 12.2. The summed E-state index contributed by atoms with van der Waals surface area (Å²) in [5.74, 6) is -1.01. The summed E-state index contributed by atoms with van der Waals surface area (Å²) in [6.07, 6.45) is 1.96. The summed E-state index contributed by atoms with van der Waals surface area (Å²) in [5.41, 5.74) is 0.636. The van der Waals surface area contributed by atoms with Gasteiger partial charge >= 0.3 is 12.0 Å². The van der Waals surface area contributed by atoms with Gasteiger partial charge in [0.15, 0.2) is 0 Å². The minimum absolute atomic E-state index is 0.0832. The summed E-state index contributed by atoms with van der Waals surface area (Å²) in [6.45, 7) is 3.84. The van der Waals surface area contributed by atoms with Crippen LogP contribution in [0.3, 0.4) is 0 Å². The van der Waals surface area contributed by atoms with E-state index in [0.29, 0.717) is 25.4 Å². The normalized spacial score (nSPS) is 18.3. The van der Waals surface area contributed by atoms with Gasteiger partial charge in [-0.05, 0) is 38.0 Å². The van der Waals surface area contributed by atoms with Gasteiger partial charge < -0.3 is 20.1 Å². The molecule has 1 heterocycles. The molecule has 2 amide bonds. The highest BCUT2D eigenvalue weighted by molar-refractivity contribution is 5.93. The molecule has 2 N–H and O–H groups in total. The van der Waals surface area contributed by atoms with Crippen LogP contribution in [0.2, 0.25) is 0 Å². The number of ether oxygens (including phenoxy) is 1. The van der Waals surface area contributed by atoms with Crippen LogP contribution in [-0.2, 0) is 4.74 Å². The number of anilines is 1. The van der Waals surface area contributed by atoms with Crippen molar-refractivity contribution in [2.75, 3.05) is 25.0 Å². The fourth-order valence-corrected chi connectivity index (χ4v) is 2.43. The number of carbonyl (C=O) groups is 2. The lowest BCUT2D eigenvalue weighted by molar-refractivity contribution is 0.0181. The molecule has 2 rings (SSSR count). The van der Waals surface area contributed by atoms with Gasteiger partial charge in [0.2, 0.25) is 0 Å². The van der Waals surface area contributed by atoms with Crippen LogP contribution in [0.25, 0.3) is 0 Å². The minimum Gasteiger partial charge on any atom is -0.478 e. The van der Waals surface area contributed by atoms with Crippen LogP contribution >= 0.6 is 0 Å². The van der Waals surface area contributed by atoms with Crippen LogP contribution in [-0.4, -0.2) is 47.8 Å². The van der Waals surface area contributed by atoms with Gasteiger partial charge in [-0.25, -0.2) is 9.59 Å². The molecular formula is C15H20N2O4. The Hall–Kier alpha value is -2.08. The summed E-state index contributed by atoms with van der Waals surface area (Å²) in [4.78, 5) is 24.8. The second-order valence-electron chi connectivity index (χ2n) is 4.98. The number of nitrogens with one attached hydrogen (secondary N) is 1. The van der Waals surface area contributed by atoms with Gasteiger partial charge in [-0.2, -0.15) is 0 Å². The third-order valence-corrected chi connectivity index (χ3v) is 3.43. The predicted molar refractivity (Wildman–Crippen MR) is 78.6 cm³/mol. The molecule has 114 valence electrons. The molecule has 1 aromatic carbocycles. The third-order valence-electron chi connectivity index (χ3n) is 3.43. The number of carboxylic acids is 1. The summed E-state index contributed by atoms with van der Waals surface area (Å²) in [7, 11) is 0. The Morgan fingerprint density at radius 2 is 2.29 bits per heavy atom. The van der Waals surface area contributed by atoms with E-state index in [1.807, 2.05) is 6.92 Å². The molecular weight excluding hydrogens is 272 g/mol. The molecule has 1 saturated heterocycles. The van der Waals surface area contributed by atoms with Crippen LogP contribution in [0.5, 0.6) is 0 Å². The maximum atomic E-state index is 12.2. The van der Waals surface area contributed by atoms with E-state index in [1.165, 1.54) is 12.1 Å². The number of hydrogen-bond acceptors (Lipinski definition) is 3. The Morgan fingerprint density at radius 3 is 3.00 bits per heavy atom. The highest BCUT2D eigenvalue weighted by Gasteiger charge is 2.23. The number of amides is 2. The quantitative estimate of drug-likeness (QED) is 0.893. The molecule has 1 aromatic rings. The average molecular weight is 292 g/mol. The van der Waals surface area contributed by atoms with Crippen molar-refractivity contribution in [3.8, 4) is 0 Å². The first-order chi connectivity index (χ1) is 10.1. The highest BCUT2D eigenvalue weighted by Crippen LogP contribution is 2.16. The molecule has 0 radical (unpaired) electrons. The summed E-state index contributed by atoms with van der Waals surface area (Å²) >= 11 is 0. The van der Waals surface area contributed by atoms with Crippen LogP contribution in [0.4, 0.5) is 10.5 Å². The van der Waals surface area contributed by atoms with Crippen LogP contribution in [0.15, 0.2) is 24.3 Å². The van der Waals surface area contributed by atoms with E-state index < -0.39 is 5.97 Å². The second kappa shape index (κ2) is 7.08. The lowest BCUT2D eigenvalue weighted by Crippen LogP contribution is -2.45. The molecule has 1 atom stereocenters. The van der Waals surface area contributed by atoms with E-state index in [0.717, 1.165) is 12.8 Å². The molecule has 0 saturated carbocycles. The first-order valence-electron chi connectivity index (χ1n) is 7.11. The molecule has 0 spiro atoms.